The smallest absolute Gasteiger partial charge is 0.127 e. The van der Waals surface area contributed by atoms with Gasteiger partial charge in [0.25, 0.3) is 0 Å². The van der Waals surface area contributed by atoms with Crippen LogP contribution in [-0.4, -0.2) is 19.8 Å². The van der Waals surface area contributed by atoms with E-state index in [1.165, 1.54) is 6.07 Å². The fourth-order valence-electron chi connectivity index (χ4n) is 1.68. The van der Waals surface area contributed by atoms with Crippen LogP contribution in [-0.2, 0) is 11.3 Å². The van der Waals surface area contributed by atoms with E-state index >= 15 is 0 Å². The van der Waals surface area contributed by atoms with Gasteiger partial charge in [-0.2, -0.15) is 0 Å². The van der Waals surface area contributed by atoms with E-state index < -0.39 is 0 Å². The normalized spacial score (nSPS) is 11.2. The maximum absolute atomic E-state index is 13.4. The molecule has 0 aliphatic carbocycles. The lowest BCUT2D eigenvalue weighted by Crippen LogP contribution is -2.17. The molecule has 2 nitrogen and oxygen atoms in total. The fourth-order valence-corrected chi connectivity index (χ4v) is 1.68. The summed E-state index contributed by atoms with van der Waals surface area (Å²) in [6.45, 7) is 9.26. The lowest BCUT2D eigenvalue weighted by atomic mass is 10.1. The molecular formula is C15H24FNO. The van der Waals surface area contributed by atoms with Gasteiger partial charge in [-0.25, -0.2) is 4.39 Å². The summed E-state index contributed by atoms with van der Waals surface area (Å²) in [5.41, 5.74) is 1.83. The zero-order chi connectivity index (χ0) is 13.4. The van der Waals surface area contributed by atoms with Gasteiger partial charge in [0.05, 0.1) is 0 Å². The molecule has 0 spiro atoms. The highest BCUT2D eigenvalue weighted by Gasteiger charge is 2.01. The molecule has 0 saturated carbocycles. The molecule has 1 rings (SSSR count). The van der Waals surface area contributed by atoms with E-state index in [1.807, 2.05) is 13.0 Å². The molecule has 0 atom stereocenters. The van der Waals surface area contributed by atoms with Crippen molar-refractivity contribution >= 4 is 0 Å². The highest BCUT2D eigenvalue weighted by atomic mass is 19.1. The Balaban J connectivity index is 2.12. The van der Waals surface area contributed by atoms with Gasteiger partial charge in [-0.05, 0) is 31.9 Å². The van der Waals surface area contributed by atoms with Crippen molar-refractivity contribution in [3.8, 4) is 0 Å². The van der Waals surface area contributed by atoms with Gasteiger partial charge >= 0.3 is 0 Å². The number of hydrogen-bond acceptors (Lipinski definition) is 2. The Morgan fingerprint density at radius 3 is 2.83 bits per heavy atom. The zero-order valence-corrected chi connectivity index (χ0v) is 11.6. The summed E-state index contributed by atoms with van der Waals surface area (Å²) in [6, 6.07) is 5.20. The van der Waals surface area contributed by atoms with Gasteiger partial charge in [0.2, 0.25) is 0 Å². The highest BCUT2D eigenvalue weighted by Crippen LogP contribution is 2.09. The molecule has 0 aliphatic heterocycles. The number of hydrogen-bond donors (Lipinski definition) is 1. The van der Waals surface area contributed by atoms with Gasteiger partial charge in [0.1, 0.15) is 5.82 Å². The van der Waals surface area contributed by atoms with Crippen molar-refractivity contribution in [2.75, 3.05) is 19.8 Å². The third-order valence-corrected chi connectivity index (χ3v) is 2.61. The van der Waals surface area contributed by atoms with Crippen LogP contribution in [0, 0.1) is 18.7 Å². The minimum Gasteiger partial charge on any atom is -0.381 e. The predicted molar refractivity (Wildman–Crippen MR) is 73.1 cm³/mol. The number of aryl methyl sites for hydroxylation is 1. The monoisotopic (exact) mass is 253 g/mol. The summed E-state index contributed by atoms with van der Waals surface area (Å²) in [5, 5.41) is 3.24. The Morgan fingerprint density at radius 2 is 2.11 bits per heavy atom. The zero-order valence-electron chi connectivity index (χ0n) is 11.6. The first-order chi connectivity index (χ1) is 8.59. The Hall–Kier alpha value is -0.930. The summed E-state index contributed by atoms with van der Waals surface area (Å²) >= 11 is 0. The SMILES string of the molecule is Cc1ccc(F)c(CNCCCOCC(C)C)c1. The van der Waals surface area contributed by atoms with Crippen LogP contribution in [0.4, 0.5) is 4.39 Å². The van der Waals surface area contributed by atoms with Crippen molar-refractivity contribution in [1.29, 1.82) is 0 Å². The lowest BCUT2D eigenvalue weighted by molar-refractivity contribution is 0.108. The molecule has 0 aliphatic rings. The Morgan fingerprint density at radius 1 is 1.33 bits per heavy atom. The van der Waals surface area contributed by atoms with Crippen LogP contribution in [0.15, 0.2) is 18.2 Å². The van der Waals surface area contributed by atoms with E-state index in [9.17, 15) is 4.39 Å². The van der Waals surface area contributed by atoms with Gasteiger partial charge in [0.15, 0.2) is 0 Å². The fraction of sp³-hybridized carbons (Fsp3) is 0.600. The van der Waals surface area contributed by atoms with E-state index in [0.717, 1.165) is 37.3 Å². The number of benzene rings is 1. The van der Waals surface area contributed by atoms with Crippen molar-refractivity contribution < 1.29 is 9.13 Å². The molecule has 0 bridgehead atoms. The average molecular weight is 253 g/mol. The summed E-state index contributed by atoms with van der Waals surface area (Å²) in [6.07, 6.45) is 0.958. The quantitative estimate of drug-likeness (QED) is 0.718. The maximum atomic E-state index is 13.4. The van der Waals surface area contributed by atoms with Crippen LogP contribution in [0.25, 0.3) is 0 Å². The molecule has 0 heterocycles. The third kappa shape index (κ3) is 6.12. The van der Waals surface area contributed by atoms with Crippen molar-refractivity contribution in [2.24, 2.45) is 5.92 Å². The largest absolute Gasteiger partial charge is 0.381 e. The second-order valence-corrected chi connectivity index (χ2v) is 5.09. The van der Waals surface area contributed by atoms with E-state index in [0.29, 0.717) is 12.5 Å². The average Bonchev–Trinajstić information content (AvgIpc) is 2.32. The summed E-state index contributed by atoms with van der Waals surface area (Å²) < 4.78 is 18.9. The van der Waals surface area contributed by atoms with E-state index in [4.69, 9.17) is 4.74 Å². The van der Waals surface area contributed by atoms with Crippen LogP contribution < -0.4 is 5.32 Å². The summed E-state index contributed by atoms with van der Waals surface area (Å²) in [7, 11) is 0. The molecule has 1 N–H and O–H groups in total. The second kappa shape index (κ2) is 8.22. The van der Waals surface area contributed by atoms with Crippen molar-refractivity contribution in [2.45, 2.75) is 33.7 Å². The van der Waals surface area contributed by atoms with Crippen LogP contribution in [0.5, 0.6) is 0 Å². The molecule has 0 unspecified atom stereocenters. The van der Waals surface area contributed by atoms with Crippen molar-refractivity contribution in [1.82, 2.24) is 5.32 Å². The predicted octanol–water partition coefficient (Wildman–Crippen LogP) is 3.29. The molecule has 0 fully saturated rings. The van der Waals surface area contributed by atoms with Gasteiger partial charge in [-0.1, -0.05) is 31.5 Å². The summed E-state index contributed by atoms with van der Waals surface area (Å²) in [5.74, 6) is 0.448. The molecule has 1 aromatic rings. The van der Waals surface area contributed by atoms with E-state index in [2.05, 4.69) is 19.2 Å². The number of rotatable bonds is 8. The molecule has 0 saturated heterocycles. The maximum Gasteiger partial charge on any atom is 0.127 e. The van der Waals surface area contributed by atoms with Gasteiger partial charge in [0, 0.05) is 25.3 Å². The first-order valence-corrected chi connectivity index (χ1v) is 6.63. The second-order valence-electron chi connectivity index (χ2n) is 5.09. The Bertz CT molecular complexity index is 352. The van der Waals surface area contributed by atoms with Crippen LogP contribution >= 0.6 is 0 Å². The van der Waals surface area contributed by atoms with Gasteiger partial charge in [-0.3, -0.25) is 0 Å². The molecule has 1 aromatic carbocycles. The Labute approximate surface area is 110 Å². The molecule has 0 amide bonds. The highest BCUT2D eigenvalue weighted by molar-refractivity contribution is 5.23. The molecular weight excluding hydrogens is 229 g/mol. The standard InChI is InChI=1S/C15H24FNO/c1-12(2)11-18-8-4-7-17-10-14-9-13(3)5-6-15(14)16/h5-6,9,12,17H,4,7-8,10-11H2,1-3H3. The van der Waals surface area contributed by atoms with E-state index in [1.54, 1.807) is 6.07 Å². The van der Waals surface area contributed by atoms with Crippen molar-refractivity contribution in [3.63, 3.8) is 0 Å². The van der Waals surface area contributed by atoms with Crippen LogP contribution in [0.3, 0.4) is 0 Å². The van der Waals surface area contributed by atoms with Crippen molar-refractivity contribution in [3.05, 3.63) is 35.1 Å². The summed E-state index contributed by atoms with van der Waals surface area (Å²) in [4.78, 5) is 0. The molecule has 0 radical (unpaired) electrons. The van der Waals surface area contributed by atoms with Gasteiger partial charge < -0.3 is 10.1 Å². The Kier molecular flexibility index (Phi) is 6.91. The minimum atomic E-state index is -0.135. The third-order valence-electron chi connectivity index (χ3n) is 2.61. The molecule has 0 aromatic heterocycles. The lowest BCUT2D eigenvalue weighted by Gasteiger charge is -2.08. The number of nitrogens with one attached hydrogen (secondary N) is 1. The first kappa shape index (κ1) is 15.1. The topological polar surface area (TPSA) is 21.3 Å². The van der Waals surface area contributed by atoms with Crippen LogP contribution in [0.2, 0.25) is 0 Å². The molecule has 3 heteroatoms. The first-order valence-electron chi connectivity index (χ1n) is 6.63. The number of halogens is 1. The molecule has 102 valence electrons. The minimum absolute atomic E-state index is 0.135. The molecule has 18 heavy (non-hydrogen) atoms. The van der Waals surface area contributed by atoms with Gasteiger partial charge in [-0.15, -0.1) is 0 Å². The number of ether oxygens (including phenoxy) is 1. The van der Waals surface area contributed by atoms with Crippen LogP contribution in [0.1, 0.15) is 31.4 Å². The van der Waals surface area contributed by atoms with E-state index in [-0.39, 0.29) is 5.82 Å².